The topological polar surface area (TPSA) is 37.8 Å². The molecule has 0 spiro atoms. The summed E-state index contributed by atoms with van der Waals surface area (Å²) in [5.74, 6) is 0. The first kappa shape index (κ1) is 8.27. The van der Waals surface area contributed by atoms with E-state index < -0.39 is 0 Å². The van der Waals surface area contributed by atoms with Crippen LogP contribution < -0.4 is 5.32 Å². The zero-order chi connectivity index (χ0) is 8.27. The highest BCUT2D eigenvalue weighted by Gasteiger charge is 1.96. The zero-order valence-electron chi connectivity index (χ0n) is 6.50. The minimum absolute atomic E-state index is 0.385. The minimum atomic E-state index is 0.385. The quantitative estimate of drug-likeness (QED) is 0.739. The number of rotatable bonds is 2. The lowest BCUT2D eigenvalue weighted by molar-refractivity contribution is 0.892. The van der Waals surface area contributed by atoms with E-state index in [4.69, 9.17) is 11.6 Å². The molecule has 0 aromatic carbocycles. The number of nitrogens with one attached hydrogen (secondary N) is 1. The predicted octanol–water partition coefficient (Wildman–Crippen LogP) is 1.95. The first-order valence-electron chi connectivity index (χ1n) is 3.43. The van der Waals surface area contributed by atoms with Gasteiger partial charge in [-0.1, -0.05) is 11.6 Å². The maximum Gasteiger partial charge on any atom is 0.153 e. The summed E-state index contributed by atoms with van der Waals surface area (Å²) in [6.45, 7) is 4.10. The second-order valence-corrected chi connectivity index (χ2v) is 2.95. The van der Waals surface area contributed by atoms with E-state index in [2.05, 4.69) is 15.5 Å². The highest BCUT2D eigenvalue weighted by molar-refractivity contribution is 6.29. The first-order valence-corrected chi connectivity index (χ1v) is 3.81. The van der Waals surface area contributed by atoms with Gasteiger partial charge in [0, 0.05) is 12.1 Å². The van der Waals surface area contributed by atoms with E-state index in [1.54, 1.807) is 12.3 Å². The van der Waals surface area contributed by atoms with Gasteiger partial charge in [0.2, 0.25) is 0 Å². The van der Waals surface area contributed by atoms with E-state index in [0.29, 0.717) is 11.2 Å². The highest BCUT2D eigenvalue weighted by Crippen LogP contribution is 2.10. The Kier molecular flexibility index (Phi) is 2.65. The van der Waals surface area contributed by atoms with Crippen LogP contribution in [0.25, 0.3) is 0 Å². The third-order valence-electron chi connectivity index (χ3n) is 1.08. The first-order chi connectivity index (χ1) is 5.18. The van der Waals surface area contributed by atoms with Crippen LogP contribution in [0.4, 0.5) is 5.69 Å². The van der Waals surface area contributed by atoms with Crippen LogP contribution in [0, 0.1) is 0 Å². The van der Waals surface area contributed by atoms with Gasteiger partial charge in [-0.15, -0.1) is 5.10 Å². The Labute approximate surface area is 70.8 Å². The van der Waals surface area contributed by atoms with E-state index >= 15 is 0 Å². The highest BCUT2D eigenvalue weighted by atomic mass is 35.5. The SMILES string of the molecule is CC(C)Nc1cnnc(Cl)c1. The number of anilines is 1. The van der Waals surface area contributed by atoms with Gasteiger partial charge in [0.15, 0.2) is 5.15 Å². The summed E-state index contributed by atoms with van der Waals surface area (Å²) in [6, 6.07) is 2.13. The Morgan fingerprint density at radius 1 is 1.55 bits per heavy atom. The van der Waals surface area contributed by atoms with Crippen molar-refractivity contribution in [2.24, 2.45) is 0 Å². The van der Waals surface area contributed by atoms with Gasteiger partial charge in [-0.2, -0.15) is 5.10 Å². The summed E-state index contributed by atoms with van der Waals surface area (Å²) in [4.78, 5) is 0. The van der Waals surface area contributed by atoms with Crippen LogP contribution in [0.5, 0.6) is 0 Å². The van der Waals surface area contributed by atoms with Crippen molar-refractivity contribution in [2.75, 3.05) is 5.32 Å². The van der Waals surface area contributed by atoms with Gasteiger partial charge in [-0.05, 0) is 13.8 Å². The lowest BCUT2D eigenvalue weighted by atomic mass is 10.3. The van der Waals surface area contributed by atoms with E-state index in [-0.39, 0.29) is 0 Å². The lowest BCUT2D eigenvalue weighted by Gasteiger charge is -2.07. The molecule has 1 rings (SSSR count). The molecular weight excluding hydrogens is 162 g/mol. The molecule has 11 heavy (non-hydrogen) atoms. The predicted molar refractivity (Wildman–Crippen MR) is 45.8 cm³/mol. The summed E-state index contributed by atoms with van der Waals surface area (Å²) < 4.78 is 0. The largest absolute Gasteiger partial charge is 0.381 e. The zero-order valence-corrected chi connectivity index (χ0v) is 7.26. The van der Waals surface area contributed by atoms with Crippen molar-refractivity contribution in [2.45, 2.75) is 19.9 Å². The fourth-order valence-corrected chi connectivity index (χ4v) is 0.914. The van der Waals surface area contributed by atoms with Crippen LogP contribution in [0.2, 0.25) is 5.15 Å². The summed E-state index contributed by atoms with van der Waals surface area (Å²) in [5, 5.41) is 10.9. The van der Waals surface area contributed by atoms with Gasteiger partial charge in [-0.3, -0.25) is 0 Å². The standard InChI is InChI=1S/C7H10ClN3/c1-5(2)10-6-3-7(8)11-9-4-6/h3-5H,1-2H3,(H,10,11). The normalized spacial score (nSPS) is 10.2. The molecule has 0 saturated heterocycles. The molecule has 0 atom stereocenters. The van der Waals surface area contributed by atoms with Gasteiger partial charge in [-0.25, -0.2) is 0 Å². The summed E-state index contributed by atoms with van der Waals surface area (Å²) >= 11 is 5.61. The molecule has 1 aromatic rings. The Hall–Kier alpha value is -0.830. The fraction of sp³-hybridized carbons (Fsp3) is 0.429. The van der Waals surface area contributed by atoms with E-state index in [0.717, 1.165) is 5.69 Å². The molecule has 0 aliphatic carbocycles. The van der Waals surface area contributed by atoms with Crippen molar-refractivity contribution >= 4 is 17.3 Å². The van der Waals surface area contributed by atoms with Crippen LogP contribution in [-0.4, -0.2) is 16.2 Å². The molecule has 1 N–H and O–H groups in total. The van der Waals surface area contributed by atoms with E-state index in [1.807, 2.05) is 13.8 Å². The molecule has 0 aliphatic heterocycles. The van der Waals surface area contributed by atoms with Crippen LogP contribution >= 0.6 is 11.6 Å². The smallest absolute Gasteiger partial charge is 0.153 e. The van der Waals surface area contributed by atoms with Gasteiger partial charge in [0.25, 0.3) is 0 Å². The Bertz CT molecular complexity index is 237. The van der Waals surface area contributed by atoms with Crippen LogP contribution in [0.15, 0.2) is 12.3 Å². The van der Waals surface area contributed by atoms with Crippen LogP contribution in [0.3, 0.4) is 0 Å². The monoisotopic (exact) mass is 171 g/mol. The summed E-state index contributed by atoms with van der Waals surface area (Å²) in [6.07, 6.45) is 1.64. The summed E-state index contributed by atoms with van der Waals surface area (Å²) in [7, 11) is 0. The lowest BCUT2D eigenvalue weighted by Crippen LogP contribution is -2.09. The Balaban J connectivity index is 2.71. The second kappa shape index (κ2) is 3.53. The molecule has 0 aliphatic rings. The minimum Gasteiger partial charge on any atom is -0.381 e. The van der Waals surface area contributed by atoms with Crippen molar-refractivity contribution in [1.29, 1.82) is 0 Å². The molecule has 0 radical (unpaired) electrons. The molecule has 0 unspecified atom stereocenters. The Morgan fingerprint density at radius 3 is 2.82 bits per heavy atom. The van der Waals surface area contributed by atoms with Crippen molar-refractivity contribution in [3.05, 3.63) is 17.4 Å². The molecule has 1 aromatic heterocycles. The second-order valence-electron chi connectivity index (χ2n) is 2.57. The van der Waals surface area contributed by atoms with Gasteiger partial charge in [0.1, 0.15) is 0 Å². The van der Waals surface area contributed by atoms with Crippen LogP contribution in [-0.2, 0) is 0 Å². The maximum absolute atomic E-state index is 5.61. The molecule has 1 heterocycles. The van der Waals surface area contributed by atoms with Crippen molar-refractivity contribution in [3.63, 3.8) is 0 Å². The van der Waals surface area contributed by atoms with Crippen molar-refractivity contribution in [1.82, 2.24) is 10.2 Å². The van der Waals surface area contributed by atoms with Crippen LogP contribution in [0.1, 0.15) is 13.8 Å². The molecule has 4 heteroatoms. The molecule has 60 valence electrons. The maximum atomic E-state index is 5.61. The van der Waals surface area contributed by atoms with Gasteiger partial charge in [0.05, 0.1) is 11.9 Å². The average molecular weight is 172 g/mol. The van der Waals surface area contributed by atoms with E-state index in [9.17, 15) is 0 Å². The molecule has 0 amide bonds. The molecule has 3 nitrogen and oxygen atoms in total. The average Bonchev–Trinajstić information content (AvgIpc) is 1.85. The number of hydrogen-bond acceptors (Lipinski definition) is 3. The number of aromatic nitrogens is 2. The summed E-state index contributed by atoms with van der Waals surface area (Å²) in [5.41, 5.74) is 0.903. The molecule has 0 fully saturated rings. The number of halogens is 1. The van der Waals surface area contributed by atoms with Crippen molar-refractivity contribution in [3.8, 4) is 0 Å². The van der Waals surface area contributed by atoms with Crippen molar-refractivity contribution < 1.29 is 0 Å². The van der Waals surface area contributed by atoms with Gasteiger partial charge < -0.3 is 5.32 Å². The third kappa shape index (κ3) is 2.72. The third-order valence-corrected chi connectivity index (χ3v) is 1.26. The number of hydrogen-bond donors (Lipinski definition) is 1. The van der Waals surface area contributed by atoms with Gasteiger partial charge >= 0.3 is 0 Å². The fourth-order valence-electron chi connectivity index (χ4n) is 0.753. The number of nitrogens with zero attached hydrogens (tertiary/aromatic N) is 2. The molecule has 0 saturated carbocycles. The molecular formula is C7H10ClN3. The molecule has 0 bridgehead atoms. The Morgan fingerprint density at radius 2 is 2.27 bits per heavy atom. The van der Waals surface area contributed by atoms with E-state index in [1.165, 1.54) is 0 Å².